The van der Waals surface area contributed by atoms with Crippen molar-refractivity contribution in [2.75, 3.05) is 0 Å². The average molecular weight is 246 g/mol. The van der Waals surface area contributed by atoms with Crippen LogP contribution in [0.3, 0.4) is 0 Å². The van der Waals surface area contributed by atoms with Crippen LogP contribution in [0.1, 0.15) is 0 Å². The maximum absolute atomic E-state index is 8.70. The summed E-state index contributed by atoms with van der Waals surface area (Å²) in [4.78, 5) is 14.2. The first-order valence-electron chi connectivity index (χ1n) is 2.82. The summed E-state index contributed by atoms with van der Waals surface area (Å²) >= 11 is 0. The van der Waals surface area contributed by atoms with Crippen LogP contribution in [0.4, 0.5) is 0 Å². The molecule has 0 aliphatic carbocycles. The van der Waals surface area contributed by atoms with Gasteiger partial charge >= 0.3 is 8.25 Å². The highest BCUT2D eigenvalue weighted by atomic mass is 35.5. The van der Waals surface area contributed by atoms with Gasteiger partial charge in [-0.3, -0.25) is 0 Å². The van der Waals surface area contributed by atoms with Crippen LogP contribution in [0.15, 0.2) is 24.3 Å². The molecule has 0 fully saturated rings. The van der Waals surface area contributed by atoms with Crippen molar-refractivity contribution in [3.63, 3.8) is 0 Å². The summed E-state index contributed by atoms with van der Waals surface area (Å²) in [6.45, 7) is 0. The lowest BCUT2D eigenvalue weighted by molar-refractivity contribution is 0.405. The van der Waals surface area contributed by atoms with Crippen LogP contribution in [-0.4, -0.2) is 9.79 Å². The van der Waals surface area contributed by atoms with Crippen LogP contribution in [0.25, 0.3) is 0 Å². The van der Waals surface area contributed by atoms with Gasteiger partial charge in [0.1, 0.15) is 0 Å². The molecule has 7 heteroatoms. The predicted octanol–water partition coefficient (Wildman–Crippen LogP) is 2.26. The Balaban J connectivity index is 0. The maximum atomic E-state index is 8.70. The van der Waals surface area contributed by atoms with E-state index in [0.29, 0.717) is 0 Å². The third-order valence-corrected chi connectivity index (χ3v) is 1.03. The van der Waals surface area contributed by atoms with Crippen molar-refractivity contribution in [1.82, 2.24) is 0 Å². The molecule has 1 heterocycles. The molecule has 0 spiro atoms. The standard InChI is InChI=1S/C6H4O.2ClH.HO3P/c1-2-4-6-5(3-1)7-6;;;1-4(2)3/h1-4H;2*1H;(H-,1,2,3)/p+1. The Morgan fingerprint density at radius 2 is 1.38 bits per heavy atom. The van der Waals surface area contributed by atoms with E-state index in [0.717, 1.165) is 11.5 Å². The van der Waals surface area contributed by atoms with Gasteiger partial charge in [-0.05, 0) is 12.1 Å². The number of hydrogen-bond acceptors (Lipinski definition) is 2. The van der Waals surface area contributed by atoms with E-state index in [9.17, 15) is 0 Å². The van der Waals surface area contributed by atoms with Gasteiger partial charge in [0.05, 0.1) is 0 Å². The van der Waals surface area contributed by atoms with E-state index in [1.54, 1.807) is 0 Å². The fourth-order valence-electron chi connectivity index (χ4n) is 0.611. The molecule has 2 rings (SSSR count). The zero-order chi connectivity index (χ0) is 8.27. The van der Waals surface area contributed by atoms with Crippen LogP contribution in [0, 0.1) is 0 Å². The van der Waals surface area contributed by atoms with Gasteiger partial charge in [0.25, 0.3) is 0 Å². The highest BCUT2D eigenvalue weighted by Gasteiger charge is 2.15. The summed E-state index contributed by atoms with van der Waals surface area (Å²) < 4.78 is 13.6. The van der Waals surface area contributed by atoms with Gasteiger partial charge in [-0.2, -0.15) is 0 Å². The summed E-state index contributed by atoms with van der Waals surface area (Å²) in [5.41, 5.74) is 0. The van der Waals surface area contributed by atoms with Crippen molar-refractivity contribution < 1.29 is 19.1 Å². The normalized spacial score (nSPS) is 8.46. The second-order valence-electron chi connectivity index (χ2n) is 1.80. The summed E-state index contributed by atoms with van der Waals surface area (Å²) in [5.74, 6) is 2.06. The van der Waals surface area contributed by atoms with Crippen molar-refractivity contribution >= 4 is 33.1 Å². The minimum Gasteiger partial charge on any atom is -0.450 e. The fourth-order valence-corrected chi connectivity index (χ4v) is 0.611. The molecule has 1 aromatic rings. The second-order valence-corrected chi connectivity index (χ2v) is 2.31. The van der Waals surface area contributed by atoms with Crippen LogP contribution in [0.2, 0.25) is 0 Å². The van der Waals surface area contributed by atoms with Crippen molar-refractivity contribution in [2.24, 2.45) is 0 Å². The van der Waals surface area contributed by atoms with Gasteiger partial charge < -0.3 is 4.74 Å². The number of fused-ring (bicyclic) bond motifs is 1. The van der Waals surface area contributed by atoms with Crippen molar-refractivity contribution in [3.8, 4) is 11.5 Å². The van der Waals surface area contributed by atoms with Crippen molar-refractivity contribution in [1.29, 1.82) is 0 Å². The average Bonchev–Trinajstić information content (AvgIpc) is 2.62. The molecule has 0 aromatic heterocycles. The van der Waals surface area contributed by atoms with Crippen LogP contribution in [-0.2, 0) is 4.57 Å². The molecule has 2 N–H and O–H groups in total. The number of ether oxygens (including phenoxy) is 1. The SMILES string of the molecule is Cl.Cl.O=[P+](O)O.c1ccc2c(c1)O2. The largest absolute Gasteiger partial charge is 0.692 e. The number of hydrogen-bond donors (Lipinski definition) is 2. The lowest BCUT2D eigenvalue weighted by Crippen LogP contribution is -1.38. The van der Waals surface area contributed by atoms with Crippen LogP contribution < -0.4 is 4.74 Å². The zero-order valence-corrected chi connectivity index (χ0v) is 8.81. The Kier molecular flexibility index (Phi) is 8.21. The van der Waals surface area contributed by atoms with E-state index in [4.69, 9.17) is 19.1 Å². The first-order chi connectivity index (χ1) is 5.20. The van der Waals surface area contributed by atoms with Crippen LogP contribution >= 0.6 is 33.1 Å². The van der Waals surface area contributed by atoms with Gasteiger partial charge in [-0.25, -0.2) is 0 Å². The smallest absolute Gasteiger partial charge is 0.450 e. The Bertz CT molecular complexity index is 256. The van der Waals surface area contributed by atoms with Gasteiger partial charge in [0.15, 0.2) is 11.5 Å². The summed E-state index contributed by atoms with van der Waals surface area (Å²) in [7, 11) is -2.87. The molecule has 74 valence electrons. The van der Waals surface area contributed by atoms with E-state index in [2.05, 4.69) is 0 Å². The zero-order valence-electron chi connectivity index (χ0n) is 6.28. The lowest BCUT2D eigenvalue weighted by Gasteiger charge is -1.61. The quantitative estimate of drug-likeness (QED) is 0.552. The number of para-hydroxylation sites is 2. The minimum absolute atomic E-state index is 0. The third kappa shape index (κ3) is 6.75. The molecule has 1 aliphatic heterocycles. The molecule has 0 bridgehead atoms. The minimum atomic E-state index is -2.87. The van der Waals surface area contributed by atoms with E-state index in [1.807, 2.05) is 24.3 Å². The predicted molar refractivity (Wildman–Crippen MR) is 53.1 cm³/mol. The molecule has 0 saturated carbocycles. The van der Waals surface area contributed by atoms with E-state index >= 15 is 0 Å². The molecule has 0 unspecified atom stereocenters. The molecule has 13 heavy (non-hydrogen) atoms. The highest BCUT2D eigenvalue weighted by molar-refractivity contribution is 7.30. The van der Waals surface area contributed by atoms with Crippen molar-refractivity contribution in [2.45, 2.75) is 0 Å². The molecule has 1 aromatic carbocycles. The Morgan fingerprint density at radius 3 is 1.62 bits per heavy atom. The molecular formula is C6H8Cl2O4P+. The van der Waals surface area contributed by atoms with E-state index in [-0.39, 0.29) is 24.8 Å². The van der Waals surface area contributed by atoms with Gasteiger partial charge in [-0.15, -0.1) is 34.6 Å². The molecule has 1 aliphatic rings. The van der Waals surface area contributed by atoms with Crippen LogP contribution in [0.5, 0.6) is 11.5 Å². The maximum Gasteiger partial charge on any atom is 0.692 e. The summed E-state index contributed by atoms with van der Waals surface area (Å²) in [5, 5.41) is 0. The molecule has 0 amide bonds. The molecular weight excluding hydrogens is 238 g/mol. The Labute approximate surface area is 88.3 Å². The molecule has 0 atom stereocenters. The topological polar surface area (TPSA) is 70.1 Å². The number of halogens is 2. The Hall–Kier alpha value is -0.380. The number of rotatable bonds is 0. The third-order valence-electron chi connectivity index (χ3n) is 1.03. The summed E-state index contributed by atoms with van der Waals surface area (Å²) in [6, 6.07) is 7.84. The van der Waals surface area contributed by atoms with E-state index < -0.39 is 8.25 Å². The lowest BCUT2D eigenvalue weighted by atomic mass is 10.4. The van der Waals surface area contributed by atoms with Gasteiger partial charge in [0.2, 0.25) is 0 Å². The Morgan fingerprint density at radius 1 is 1.08 bits per heavy atom. The fraction of sp³-hybridized carbons (Fsp3) is 0. The molecule has 0 saturated heterocycles. The second kappa shape index (κ2) is 7.06. The molecule has 0 radical (unpaired) electrons. The highest BCUT2D eigenvalue weighted by Crippen LogP contribution is 2.43. The molecule has 4 nitrogen and oxygen atoms in total. The number of benzene rings is 1. The first-order valence-corrected chi connectivity index (χ1v) is 3.98. The van der Waals surface area contributed by atoms with Crippen molar-refractivity contribution in [3.05, 3.63) is 24.3 Å². The van der Waals surface area contributed by atoms with E-state index in [1.165, 1.54) is 0 Å². The van der Waals surface area contributed by atoms with Gasteiger partial charge in [-0.1, -0.05) is 12.1 Å². The van der Waals surface area contributed by atoms with Gasteiger partial charge in [0, 0.05) is 4.57 Å². The monoisotopic (exact) mass is 245 g/mol. The summed E-state index contributed by atoms with van der Waals surface area (Å²) in [6.07, 6.45) is 0. The first kappa shape index (κ1) is 15.1.